The monoisotopic (exact) mass is 479 g/mol. The minimum absolute atomic E-state index is 0.106. The van der Waals surface area contributed by atoms with Crippen LogP contribution in [0.5, 0.6) is 0 Å². The molecule has 4 rings (SSSR count). The fourth-order valence-electron chi connectivity index (χ4n) is 4.27. The molecule has 0 radical (unpaired) electrons. The summed E-state index contributed by atoms with van der Waals surface area (Å²) >= 11 is 1.31. The molecule has 34 heavy (non-hydrogen) atoms. The molecule has 2 aromatic heterocycles. The Labute approximate surface area is 203 Å². The topological polar surface area (TPSA) is 91.7 Å². The van der Waals surface area contributed by atoms with Gasteiger partial charge in [-0.3, -0.25) is 14.4 Å². The van der Waals surface area contributed by atoms with Gasteiger partial charge in [-0.2, -0.15) is 0 Å². The van der Waals surface area contributed by atoms with Crippen molar-refractivity contribution in [2.75, 3.05) is 13.1 Å². The van der Waals surface area contributed by atoms with Crippen molar-refractivity contribution in [3.63, 3.8) is 0 Å². The number of nitrogens with one attached hydrogen (secondary N) is 2. The first kappa shape index (κ1) is 23.8. The SMILES string of the molecule is O=C(NCC(=O)N(CCc1ccccc1)[C@H](C(=O)NC1CCCC1)c1ccco1)c1cccs1. The number of benzene rings is 1. The van der Waals surface area contributed by atoms with Gasteiger partial charge in [-0.1, -0.05) is 49.2 Å². The summed E-state index contributed by atoms with van der Waals surface area (Å²) in [7, 11) is 0. The van der Waals surface area contributed by atoms with Crippen LogP contribution in [0.3, 0.4) is 0 Å². The van der Waals surface area contributed by atoms with E-state index in [4.69, 9.17) is 4.42 Å². The van der Waals surface area contributed by atoms with Crippen molar-refractivity contribution in [3.8, 4) is 0 Å². The van der Waals surface area contributed by atoms with Gasteiger partial charge in [-0.05, 0) is 48.4 Å². The summed E-state index contributed by atoms with van der Waals surface area (Å²) < 4.78 is 5.61. The van der Waals surface area contributed by atoms with E-state index in [-0.39, 0.29) is 30.3 Å². The van der Waals surface area contributed by atoms with Crippen LogP contribution in [0.2, 0.25) is 0 Å². The van der Waals surface area contributed by atoms with E-state index in [0.29, 0.717) is 23.6 Å². The summed E-state index contributed by atoms with van der Waals surface area (Å²) in [5.41, 5.74) is 1.05. The van der Waals surface area contributed by atoms with Crippen LogP contribution in [-0.4, -0.2) is 41.8 Å². The highest BCUT2D eigenvalue weighted by molar-refractivity contribution is 7.12. The van der Waals surface area contributed by atoms with Crippen molar-refractivity contribution < 1.29 is 18.8 Å². The van der Waals surface area contributed by atoms with Gasteiger partial charge in [0, 0.05) is 12.6 Å². The molecule has 178 valence electrons. The number of thiophene rings is 1. The highest BCUT2D eigenvalue weighted by Gasteiger charge is 2.35. The smallest absolute Gasteiger partial charge is 0.261 e. The number of rotatable bonds is 10. The third kappa shape index (κ3) is 6.14. The molecule has 0 saturated heterocycles. The number of carbonyl (C=O) groups is 3. The van der Waals surface area contributed by atoms with Crippen LogP contribution in [0.15, 0.2) is 70.7 Å². The number of amides is 3. The summed E-state index contributed by atoms with van der Waals surface area (Å²) in [5, 5.41) is 7.61. The van der Waals surface area contributed by atoms with E-state index in [2.05, 4.69) is 10.6 Å². The normalized spacial score (nSPS) is 14.5. The lowest BCUT2D eigenvalue weighted by Gasteiger charge is -2.31. The molecule has 1 aromatic carbocycles. The Morgan fingerprint density at radius 2 is 1.82 bits per heavy atom. The zero-order valence-corrected chi connectivity index (χ0v) is 19.8. The van der Waals surface area contributed by atoms with Gasteiger partial charge in [-0.25, -0.2) is 0 Å². The Morgan fingerprint density at radius 1 is 1.03 bits per heavy atom. The first-order chi connectivity index (χ1) is 16.6. The molecule has 3 amide bonds. The third-order valence-electron chi connectivity index (χ3n) is 6.02. The maximum Gasteiger partial charge on any atom is 0.261 e. The van der Waals surface area contributed by atoms with E-state index in [1.54, 1.807) is 24.3 Å². The van der Waals surface area contributed by atoms with Crippen molar-refractivity contribution in [1.82, 2.24) is 15.5 Å². The van der Waals surface area contributed by atoms with Crippen molar-refractivity contribution in [2.45, 2.75) is 44.2 Å². The van der Waals surface area contributed by atoms with E-state index in [1.165, 1.54) is 22.5 Å². The summed E-state index contributed by atoms with van der Waals surface area (Å²) in [6.45, 7) is 0.0978. The Kier molecular flexibility index (Phi) is 8.14. The van der Waals surface area contributed by atoms with Gasteiger partial charge < -0.3 is 20.0 Å². The molecule has 0 bridgehead atoms. The number of carbonyl (C=O) groups excluding carboxylic acids is 3. The van der Waals surface area contributed by atoms with E-state index >= 15 is 0 Å². The highest BCUT2D eigenvalue weighted by atomic mass is 32.1. The van der Waals surface area contributed by atoms with Gasteiger partial charge >= 0.3 is 0 Å². The van der Waals surface area contributed by atoms with Gasteiger partial charge in [0.15, 0.2) is 6.04 Å². The minimum Gasteiger partial charge on any atom is -0.467 e. The molecule has 1 fully saturated rings. The maximum absolute atomic E-state index is 13.4. The minimum atomic E-state index is -0.912. The summed E-state index contributed by atoms with van der Waals surface area (Å²) in [5.74, 6) is -0.505. The van der Waals surface area contributed by atoms with E-state index in [1.807, 2.05) is 35.7 Å². The van der Waals surface area contributed by atoms with Crippen LogP contribution in [-0.2, 0) is 16.0 Å². The highest BCUT2D eigenvalue weighted by Crippen LogP contribution is 2.25. The largest absolute Gasteiger partial charge is 0.467 e. The fourth-order valence-corrected chi connectivity index (χ4v) is 4.91. The van der Waals surface area contributed by atoms with Crippen molar-refractivity contribution in [3.05, 3.63) is 82.4 Å². The zero-order valence-electron chi connectivity index (χ0n) is 18.9. The molecule has 8 heteroatoms. The van der Waals surface area contributed by atoms with Crippen molar-refractivity contribution in [1.29, 1.82) is 0 Å². The molecule has 3 aromatic rings. The van der Waals surface area contributed by atoms with Crippen LogP contribution < -0.4 is 10.6 Å². The van der Waals surface area contributed by atoms with Gasteiger partial charge in [-0.15, -0.1) is 11.3 Å². The lowest BCUT2D eigenvalue weighted by molar-refractivity contribution is -0.141. The molecule has 1 atom stereocenters. The summed E-state index contributed by atoms with van der Waals surface area (Å²) in [6, 6.07) is 15.9. The zero-order chi connectivity index (χ0) is 23.8. The average molecular weight is 480 g/mol. The second-order valence-electron chi connectivity index (χ2n) is 8.39. The number of furan rings is 1. The second-order valence-corrected chi connectivity index (χ2v) is 9.34. The average Bonchev–Trinajstić information content (AvgIpc) is 3.64. The molecule has 0 aliphatic heterocycles. The van der Waals surface area contributed by atoms with Crippen LogP contribution in [0.1, 0.15) is 52.7 Å². The maximum atomic E-state index is 13.4. The standard InChI is InChI=1S/C26H29N3O4S/c30-23(18-27-25(31)22-13-7-17-34-22)29(15-14-19-8-2-1-3-9-19)24(21-12-6-16-33-21)26(32)28-20-10-4-5-11-20/h1-3,6-9,12-13,16-17,20,24H,4-5,10-11,14-15,18H2,(H,27,31)(H,28,32)/t24-/m0/s1. The Hall–Kier alpha value is -3.39. The van der Waals surface area contributed by atoms with Crippen LogP contribution in [0.25, 0.3) is 0 Å². The second kappa shape index (κ2) is 11.7. The lowest BCUT2D eigenvalue weighted by atomic mass is 10.1. The molecular formula is C26H29N3O4S. The fraction of sp³-hybridized carbons (Fsp3) is 0.346. The van der Waals surface area contributed by atoms with Crippen LogP contribution >= 0.6 is 11.3 Å². The van der Waals surface area contributed by atoms with Crippen LogP contribution in [0, 0.1) is 0 Å². The predicted octanol–water partition coefficient (Wildman–Crippen LogP) is 3.94. The molecular weight excluding hydrogens is 450 g/mol. The quantitative estimate of drug-likeness (QED) is 0.461. The van der Waals surface area contributed by atoms with Gasteiger partial charge in [0.05, 0.1) is 17.7 Å². The molecule has 0 unspecified atom stereocenters. The lowest BCUT2D eigenvalue weighted by Crippen LogP contribution is -2.49. The Balaban J connectivity index is 1.54. The Morgan fingerprint density at radius 3 is 2.50 bits per heavy atom. The van der Waals surface area contributed by atoms with E-state index < -0.39 is 6.04 Å². The first-order valence-corrected chi connectivity index (χ1v) is 12.5. The van der Waals surface area contributed by atoms with E-state index in [0.717, 1.165) is 31.2 Å². The molecule has 0 spiro atoms. The van der Waals surface area contributed by atoms with Crippen molar-refractivity contribution in [2.24, 2.45) is 0 Å². The van der Waals surface area contributed by atoms with E-state index in [9.17, 15) is 14.4 Å². The molecule has 7 nitrogen and oxygen atoms in total. The van der Waals surface area contributed by atoms with Crippen molar-refractivity contribution >= 4 is 29.1 Å². The third-order valence-corrected chi connectivity index (χ3v) is 6.89. The number of hydrogen-bond donors (Lipinski definition) is 2. The summed E-state index contributed by atoms with van der Waals surface area (Å²) in [6.07, 6.45) is 6.11. The molecule has 1 saturated carbocycles. The molecule has 2 N–H and O–H groups in total. The van der Waals surface area contributed by atoms with Gasteiger partial charge in [0.25, 0.3) is 11.8 Å². The first-order valence-electron chi connectivity index (χ1n) is 11.6. The predicted molar refractivity (Wildman–Crippen MR) is 130 cm³/mol. The Bertz CT molecular complexity index is 1060. The van der Waals surface area contributed by atoms with Gasteiger partial charge in [0.1, 0.15) is 5.76 Å². The number of nitrogens with zero attached hydrogens (tertiary/aromatic N) is 1. The molecule has 1 aliphatic carbocycles. The number of hydrogen-bond acceptors (Lipinski definition) is 5. The molecule has 2 heterocycles. The molecule has 1 aliphatic rings. The van der Waals surface area contributed by atoms with Gasteiger partial charge in [0.2, 0.25) is 5.91 Å². The summed E-state index contributed by atoms with van der Waals surface area (Å²) in [4.78, 5) is 41.3. The van der Waals surface area contributed by atoms with Crippen LogP contribution in [0.4, 0.5) is 0 Å².